The van der Waals surface area contributed by atoms with Crippen LogP contribution in [0.25, 0.3) is 0 Å². The smallest absolute Gasteiger partial charge is 0.272 e. The van der Waals surface area contributed by atoms with Gasteiger partial charge < -0.3 is 5.32 Å². The van der Waals surface area contributed by atoms with Crippen LogP contribution in [0.2, 0.25) is 0 Å². The van der Waals surface area contributed by atoms with Crippen LogP contribution >= 0.6 is 11.3 Å². The molecule has 0 aromatic carbocycles. The van der Waals surface area contributed by atoms with Gasteiger partial charge in [-0.1, -0.05) is 13.8 Å². The zero-order valence-electron chi connectivity index (χ0n) is 13.1. The Bertz CT molecular complexity index is 661. The fourth-order valence-electron chi connectivity index (χ4n) is 2.85. The minimum absolute atomic E-state index is 0.0705. The average Bonchev–Trinajstić information content (AvgIpc) is 3.13. The largest absolute Gasteiger partial charge is 0.350 e. The first-order valence-corrected chi connectivity index (χ1v) is 8.83. The second-order valence-corrected chi connectivity index (χ2v) is 6.91. The van der Waals surface area contributed by atoms with Gasteiger partial charge >= 0.3 is 0 Å². The summed E-state index contributed by atoms with van der Waals surface area (Å²) >= 11 is 1.66. The van der Waals surface area contributed by atoms with Crippen molar-refractivity contribution >= 4 is 17.2 Å². The number of fused-ring (bicyclic) bond motifs is 1. The van der Waals surface area contributed by atoms with Gasteiger partial charge in [0.15, 0.2) is 5.69 Å². The molecule has 2 aromatic rings. The van der Waals surface area contributed by atoms with Gasteiger partial charge in [-0.2, -0.15) is 5.10 Å². The first-order chi connectivity index (χ1) is 10.7. The number of rotatable bonds is 5. The number of H-pyrrole nitrogens is 1. The van der Waals surface area contributed by atoms with Crippen LogP contribution in [0.15, 0.2) is 5.38 Å². The topological polar surface area (TPSA) is 70.7 Å². The maximum Gasteiger partial charge on any atom is 0.272 e. The highest BCUT2D eigenvalue weighted by Crippen LogP contribution is 2.26. The lowest BCUT2D eigenvalue weighted by molar-refractivity contribution is 0.0948. The summed E-state index contributed by atoms with van der Waals surface area (Å²) in [5.74, 6) is 0.554. The van der Waals surface area contributed by atoms with Crippen LogP contribution in [0.4, 0.5) is 0 Å². The van der Waals surface area contributed by atoms with Crippen LogP contribution < -0.4 is 5.32 Å². The molecule has 0 aliphatic heterocycles. The number of amides is 1. The summed E-state index contributed by atoms with van der Waals surface area (Å²) in [7, 11) is 0. The predicted molar refractivity (Wildman–Crippen MR) is 87.3 cm³/mol. The number of carbonyl (C=O) groups excluding carboxylic acids is 1. The monoisotopic (exact) mass is 318 g/mol. The Kier molecular flexibility index (Phi) is 4.57. The number of hydrogen-bond donors (Lipinski definition) is 2. The molecule has 0 saturated heterocycles. The zero-order valence-corrected chi connectivity index (χ0v) is 13.9. The van der Waals surface area contributed by atoms with Crippen molar-refractivity contribution in [3.8, 4) is 0 Å². The molecule has 1 amide bonds. The van der Waals surface area contributed by atoms with Crippen molar-refractivity contribution in [1.82, 2.24) is 20.5 Å². The van der Waals surface area contributed by atoms with Crippen LogP contribution in [0, 0.1) is 5.92 Å². The van der Waals surface area contributed by atoms with Crippen LogP contribution in [0.1, 0.15) is 52.7 Å². The summed E-state index contributed by atoms with van der Waals surface area (Å²) in [4.78, 5) is 16.8. The Labute approximate surface area is 134 Å². The lowest BCUT2D eigenvalue weighted by atomic mass is 9.87. The highest BCUT2D eigenvalue weighted by Gasteiger charge is 2.24. The quantitative estimate of drug-likeness (QED) is 0.890. The van der Waals surface area contributed by atoms with E-state index in [9.17, 15) is 4.79 Å². The molecule has 2 N–H and O–H groups in total. The number of aromatic nitrogens is 3. The molecule has 0 fully saturated rings. The fraction of sp³-hybridized carbons (Fsp3) is 0.562. The van der Waals surface area contributed by atoms with Gasteiger partial charge in [0.05, 0.1) is 10.7 Å². The molecule has 0 bridgehead atoms. The number of hydrogen-bond acceptors (Lipinski definition) is 4. The van der Waals surface area contributed by atoms with Gasteiger partial charge in [-0.05, 0) is 31.6 Å². The van der Waals surface area contributed by atoms with E-state index in [4.69, 9.17) is 0 Å². The number of nitrogens with zero attached hydrogens (tertiary/aromatic N) is 2. The molecular weight excluding hydrogens is 296 g/mol. The molecule has 22 heavy (non-hydrogen) atoms. The number of aryl methyl sites for hydroxylation is 2. The van der Waals surface area contributed by atoms with Gasteiger partial charge in [0.2, 0.25) is 0 Å². The number of aromatic amines is 1. The van der Waals surface area contributed by atoms with E-state index in [1.807, 2.05) is 0 Å². The Morgan fingerprint density at radius 3 is 3.18 bits per heavy atom. The molecule has 0 unspecified atom stereocenters. The average molecular weight is 318 g/mol. The lowest BCUT2D eigenvalue weighted by Gasteiger charge is -2.17. The molecule has 118 valence electrons. The van der Waals surface area contributed by atoms with E-state index in [-0.39, 0.29) is 5.91 Å². The van der Waals surface area contributed by atoms with Crippen molar-refractivity contribution < 1.29 is 4.79 Å². The van der Waals surface area contributed by atoms with E-state index in [0.717, 1.165) is 47.6 Å². The second kappa shape index (κ2) is 6.60. The number of nitrogens with one attached hydrogen (secondary N) is 2. The third-order valence-corrected chi connectivity index (χ3v) is 5.15. The first-order valence-electron chi connectivity index (χ1n) is 7.95. The molecule has 5 nitrogen and oxygen atoms in total. The SMILES string of the molecule is CCc1csc(CCNC(=O)c2n[nH]c3c2C[C@H](C)CC3)n1. The van der Waals surface area contributed by atoms with Crippen LogP contribution in [0.5, 0.6) is 0 Å². The summed E-state index contributed by atoms with van der Waals surface area (Å²) in [6.45, 7) is 4.93. The second-order valence-electron chi connectivity index (χ2n) is 5.97. The molecule has 1 aliphatic carbocycles. The summed E-state index contributed by atoms with van der Waals surface area (Å²) in [6.07, 6.45) is 4.84. The normalized spacial score (nSPS) is 17.3. The van der Waals surface area contributed by atoms with Gasteiger partial charge in [0.25, 0.3) is 5.91 Å². The van der Waals surface area contributed by atoms with Crippen molar-refractivity contribution in [2.45, 2.75) is 46.0 Å². The van der Waals surface area contributed by atoms with Crippen molar-refractivity contribution in [3.05, 3.63) is 33.0 Å². The van der Waals surface area contributed by atoms with Crippen molar-refractivity contribution in [2.24, 2.45) is 5.92 Å². The van der Waals surface area contributed by atoms with E-state index in [1.54, 1.807) is 11.3 Å². The Morgan fingerprint density at radius 2 is 2.41 bits per heavy atom. The number of thiazole rings is 1. The van der Waals surface area contributed by atoms with E-state index in [2.05, 4.69) is 39.7 Å². The molecule has 1 atom stereocenters. The molecule has 2 heterocycles. The summed E-state index contributed by atoms with van der Waals surface area (Å²) in [5, 5.41) is 13.4. The van der Waals surface area contributed by atoms with Crippen molar-refractivity contribution in [3.63, 3.8) is 0 Å². The third kappa shape index (κ3) is 3.21. The van der Waals surface area contributed by atoms with Gasteiger partial charge in [-0.25, -0.2) is 4.98 Å². The van der Waals surface area contributed by atoms with Crippen LogP contribution in [-0.4, -0.2) is 27.6 Å². The maximum atomic E-state index is 12.3. The van der Waals surface area contributed by atoms with Crippen molar-refractivity contribution in [2.75, 3.05) is 6.54 Å². The molecule has 0 radical (unpaired) electrons. The fourth-order valence-corrected chi connectivity index (χ4v) is 3.73. The van der Waals surface area contributed by atoms with E-state index >= 15 is 0 Å². The van der Waals surface area contributed by atoms with E-state index < -0.39 is 0 Å². The van der Waals surface area contributed by atoms with Gasteiger partial charge in [-0.15, -0.1) is 11.3 Å². The van der Waals surface area contributed by atoms with Gasteiger partial charge in [0.1, 0.15) is 0 Å². The molecule has 0 saturated carbocycles. The molecular formula is C16H22N4OS. The molecule has 2 aromatic heterocycles. The standard InChI is InChI=1S/C16H22N4OS/c1-3-11-9-22-14(18-11)6-7-17-16(21)15-12-8-10(2)4-5-13(12)19-20-15/h9-10H,3-8H2,1-2H3,(H,17,21)(H,19,20)/t10-/m1/s1. The third-order valence-electron chi connectivity index (χ3n) is 4.19. The summed E-state index contributed by atoms with van der Waals surface area (Å²) < 4.78 is 0. The Hall–Kier alpha value is -1.69. The molecule has 1 aliphatic rings. The number of carbonyl (C=O) groups is 1. The van der Waals surface area contributed by atoms with Crippen molar-refractivity contribution in [1.29, 1.82) is 0 Å². The van der Waals surface area contributed by atoms with Gasteiger partial charge in [-0.3, -0.25) is 9.89 Å². The highest BCUT2D eigenvalue weighted by molar-refractivity contribution is 7.09. The maximum absolute atomic E-state index is 12.3. The van der Waals surface area contributed by atoms with E-state index in [1.165, 1.54) is 6.42 Å². The van der Waals surface area contributed by atoms with Crippen LogP contribution in [-0.2, 0) is 25.7 Å². The Balaban J connectivity index is 1.57. The molecule has 0 spiro atoms. The minimum Gasteiger partial charge on any atom is -0.350 e. The first kappa shape index (κ1) is 15.2. The Morgan fingerprint density at radius 1 is 1.55 bits per heavy atom. The molecule has 3 rings (SSSR count). The lowest BCUT2D eigenvalue weighted by Crippen LogP contribution is -2.27. The summed E-state index contributed by atoms with van der Waals surface area (Å²) in [6, 6.07) is 0. The summed E-state index contributed by atoms with van der Waals surface area (Å²) in [5.41, 5.74) is 3.95. The highest BCUT2D eigenvalue weighted by atomic mass is 32.1. The van der Waals surface area contributed by atoms with Gasteiger partial charge in [0, 0.05) is 29.6 Å². The predicted octanol–water partition coefficient (Wildman–Crippen LogP) is 2.53. The minimum atomic E-state index is -0.0705. The zero-order chi connectivity index (χ0) is 15.5. The van der Waals surface area contributed by atoms with E-state index in [0.29, 0.717) is 18.2 Å². The van der Waals surface area contributed by atoms with Crippen LogP contribution in [0.3, 0.4) is 0 Å². The molecule has 6 heteroatoms.